The van der Waals surface area contributed by atoms with E-state index in [0.717, 1.165) is 19.3 Å². The van der Waals surface area contributed by atoms with Crippen molar-refractivity contribution in [2.45, 2.75) is 38.3 Å². The number of carbonyl (C=O) groups excluding carboxylic acids is 2. The minimum atomic E-state index is -0.157. The van der Waals surface area contributed by atoms with E-state index in [1.165, 1.54) is 12.6 Å². The van der Waals surface area contributed by atoms with Gasteiger partial charge in [-0.15, -0.1) is 0 Å². The molecule has 0 saturated carbocycles. The molecule has 0 spiro atoms. The van der Waals surface area contributed by atoms with Crippen molar-refractivity contribution in [2.24, 2.45) is 0 Å². The Morgan fingerprint density at radius 1 is 1.27 bits per heavy atom. The van der Waals surface area contributed by atoms with Gasteiger partial charge in [-0.2, -0.15) is 0 Å². The maximum Gasteiger partial charge on any atom is 0.291 e. The van der Waals surface area contributed by atoms with E-state index in [9.17, 15) is 9.59 Å². The largest absolute Gasteiger partial charge is 0.438 e. The number of oxazole rings is 1. The summed E-state index contributed by atoms with van der Waals surface area (Å²) in [6, 6.07) is 0.295. The van der Waals surface area contributed by atoms with Crippen molar-refractivity contribution in [2.75, 3.05) is 26.3 Å². The lowest BCUT2D eigenvalue weighted by Gasteiger charge is -2.37. The number of hydrogen-bond donors (Lipinski definition) is 0. The van der Waals surface area contributed by atoms with Gasteiger partial charge in [-0.05, 0) is 19.3 Å². The molecule has 0 aliphatic carbocycles. The van der Waals surface area contributed by atoms with Crippen LogP contribution in [0.1, 0.15) is 36.7 Å². The molecule has 22 heavy (non-hydrogen) atoms. The molecule has 0 bridgehead atoms. The highest BCUT2D eigenvalue weighted by Gasteiger charge is 2.36. The molecule has 1 aromatic rings. The fourth-order valence-electron chi connectivity index (χ4n) is 3.41. The zero-order valence-corrected chi connectivity index (χ0v) is 12.7. The van der Waals surface area contributed by atoms with Gasteiger partial charge in [0, 0.05) is 39.3 Å². The van der Waals surface area contributed by atoms with Gasteiger partial charge >= 0.3 is 0 Å². The first kappa shape index (κ1) is 15.0. The van der Waals surface area contributed by atoms with Crippen molar-refractivity contribution < 1.29 is 18.7 Å². The predicted octanol–water partition coefficient (Wildman–Crippen LogP) is 0.917. The summed E-state index contributed by atoms with van der Waals surface area (Å²) in [5, 5.41) is 0. The van der Waals surface area contributed by atoms with Crippen molar-refractivity contribution >= 4 is 11.8 Å². The maximum absolute atomic E-state index is 12.3. The molecule has 2 amide bonds. The molecule has 3 heterocycles. The number of likely N-dealkylation sites (tertiary alicyclic amines) is 1. The van der Waals surface area contributed by atoms with E-state index in [-0.39, 0.29) is 29.7 Å². The van der Waals surface area contributed by atoms with Crippen LogP contribution in [0.15, 0.2) is 17.0 Å². The smallest absolute Gasteiger partial charge is 0.291 e. The molecule has 3 rings (SSSR count). The molecule has 1 unspecified atom stereocenters. The van der Waals surface area contributed by atoms with Crippen LogP contribution < -0.4 is 0 Å². The molecule has 2 fully saturated rings. The van der Waals surface area contributed by atoms with Gasteiger partial charge in [0.25, 0.3) is 5.91 Å². The van der Waals surface area contributed by atoms with Crippen LogP contribution in [0.2, 0.25) is 0 Å². The Labute approximate surface area is 129 Å². The molecule has 7 heteroatoms. The third kappa shape index (κ3) is 2.99. The lowest BCUT2D eigenvalue weighted by Crippen LogP contribution is -2.49. The molecule has 0 aromatic carbocycles. The molecule has 1 atom stereocenters. The maximum atomic E-state index is 12.3. The lowest BCUT2D eigenvalue weighted by atomic mass is 10.0. The highest BCUT2D eigenvalue weighted by atomic mass is 16.5. The number of ether oxygens (including phenoxy) is 1. The molecule has 120 valence electrons. The van der Waals surface area contributed by atoms with Gasteiger partial charge in [0.05, 0.1) is 12.2 Å². The molecular weight excluding hydrogens is 286 g/mol. The summed E-state index contributed by atoms with van der Waals surface area (Å²) in [5.74, 6) is 0.169. The molecule has 0 radical (unpaired) electrons. The second kappa shape index (κ2) is 6.48. The molecule has 0 N–H and O–H groups in total. The SMILES string of the molecule is CC(=O)N(C1CCOCC1)C1CCN(C(=O)c2cnco2)C1. The van der Waals surface area contributed by atoms with Gasteiger partial charge in [-0.3, -0.25) is 9.59 Å². The Balaban J connectivity index is 1.66. The van der Waals surface area contributed by atoms with Crippen LogP contribution in [0.25, 0.3) is 0 Å². The van der Waals surface area contributed by atoms with E-state index in [2.05, 4.69) is 4.98 Å². The fraction of sp³-hybridized carbons (Fsp3) is 0.667. The van der Waals surface area contributed by atoms with E-state index in [1.54, 1.807) is 11.8 Å². The van der Waals surface area contributed by atoms with Crippen LogP contribution in [-0.2, 0) is 9.53 Å². The number of nitrogens with zero attached hydrogens (tertiary/aromatic N) is 3. The van der Waals surface area contributed by atoms with Crippen LogP contribution in [0.4, 0.5) is 0 Å². The average molecular weight is 307 g/mol. The first-order valence-corrected chi connectivity index (χ1v) is 7.71. The van der Waals surface area contributed by atoms with Gasteiger partial charge in [-0.1, -0.05) is 0 Å². The predicted molar refractivity (Wildman–Crippen MR) is 77.2 cm³/mol. The van der Waals surface area contributed by atoms with Crippen LogP contribution >= 0.6 is 0 Å². The fourth-order valence-corrected chi connectivity index (χ4v) is 3.41. The van der Waals surface area contributed by atoms with Crippen molar-refractivity contribution in [1.29, 1.82) is 0 Å². The van der Waals surface area contributed by atoms with E-state index in [4.69, 9.17) is 9.15 Å². The van der Waals surface area contributed by atoms with Gasteiger partial charge in [0.15, 0.2) is 6.39 Å². The first-order valence-electron chi connectivity index (χ1n) is 7.71. The average Bonchev–Trinajstić information content (AvgIpc) is 3.19. The first-order chi connectivity index (χ1) is 10.7. The Kier molecular flexibility index (Phi) is 4.42. The summed E-state index contributed by atoms with van der Waals surface area (Å²) >= 11 is 0. The number of rotatable bonds is 3. The van der Waals surface area contributed by atoms with E-state index >= 15 is 0 Å². The zero-order chi connectivity index (χ0) is 15.5. The zero-order valence-electron chi connectivity index (χ0n) is 12.7. The van der Waals surface area contributed by atoms with Crippen LogP contribution in [0.3, 0.4) is 0 Å². The van der Waals surface area contributed by atoms with E-state index in [0.29, 0.717) is 26.3 Å². The Hall–Kier alpha value is -1.89. The number of aromatic nitrogens is 1. The second-order valence-electron chi connectivity index (χ2n) is 5.83. The minimum Gasteiger partial charge on any atom is -0.438 e. The summed E-state index contributed by atoms with van der Waals surface area (Å²) in [6.45, 7) is 4.19. The number of carbonyl (C=O) groups is 2. The summed E-state index contributed by atoms with van der Waals surface area (Å²) in [7, 11) is 0. The lowest BCUT2D eigenvalue weighted by molar-refractivity contribution is -0.135. The second-order valence-corrected chi connectivity index (χ2v) is 5.83. The van der Waals surface area contributed by atoms with Gasteiger partial charge in [0.2, 0.25) is 11.7 Å². The van der Waals surface area contributed by atoms with Gasteiger partial charge < -0.3 is 19.0 Å². The minimum absolute atomic E-state index is 0.0749. The van der Waals surface area contributed by atoms with Crippen molar-refractivity contribution in [3.05, 3.63) is 18.4 Å². The van der Waals surface area contributed by atoms with Crippen molar-refractivity contribution in [3.8, 4) is 0 Å². The van der Waals surface area contributed by atoms with Crippen LogP contribution in [0.5, 0.6) is 0 Å². The third-order valence-electron chi connectivity index (χ3n) is 4.43. The number of amides is 2. The summed E-state index contributed by atoms with van der Waals surface area (Å²) in [6.07, 6.45) is 5.22. The Morgan fingerprint density at radius 2 is 2.05 bits per heavy atom. The summed E-state index contributed by atoms with van der Waals surface area (Å²) in [5.41, 5.74) is 0. The molecular formula is C15H21N3O4. The molecule has 2 aliphatic heterocycles. The van der Waals surface area contributed by atoms with Crippen molar-refractivity contribution in [3.63, 3.8) is 0 Å². The topological polar surface area (TPSA) is 75.9 Å². The van der Waals surface area contributed by atoms with E-state index < -0.39 is 0 Å². The third-order valence-corrected chi connectivity index (χ3v) is 4.43. The Bertz CT molecular complexity index is 525. The monoisotopic (exact) mass is 307 g/mol. The van der Waals surface area contributed by atoms with Crippen molar-refractivity contribution in [1.82, 2.24) is 14.8 Å². The highest BCUT2D eigenvalue weighted by Crippen LogP contribution is 2.24. The molecule has 2 aliphatic rings. The molecule has 1 aromatic heterocycles. The summed E-state index contributed by atoms with van der Waals surface area (Å²) in [4.78, 5) is 31.8. The number of hydrogen-bond acceptors (Lipinski definition) is 5. The molecule has 2 saturated heterocycles. The quantitative estimate of drug-likeness (QED) is 0.830. The van der Waals surface area contributed by atoms with E-state index in [1.807, 2.05) is 4.90 Å². The van der Waals surface area contributed by atoms with Gasteiger partial charge in [0.1, 0.15) is 0 Å². The highest BCUT2D eigenvalue weighted by molar-refractivity contribution is 5.91. The van der Waals surface area contributed by atoms with Gasteiger partial charge in [-0.25, -0.2) is 4.98 Å². The summed E-state index contributed by atoms with van der Waals surface area (Å²) < 4.78 is 10.4. The Morgan fingerprint density at radius 3 is 2.68 bits per heavy atom. The van der Waals surface area contributed by atoms with Crippen LogP contribution in [-0.4, -0.2) is 65.0 Å². The van der Waals surface area contributed by atoms with Crippen LogP contribution in [0, 0.1) is 0 Å². The molecule has 7 nitrogen and oxygen atoms in total. The standard InChI is InChI=1S/C15H21N3O4/c1-11(19)18(12-3-6-21-7-4-12)13-2-5-17(9-13)15(20)14-8-16-10-22-14/h8,10,12-13H,2-7,9H2,1H3. The normalized spacial score (nSPS) is 22.8.